The molecule has 0 fully saturated rings. The van der Waals surface area contributed by atoms with Crippen molar-refractivity contribution < 1.29 is 4.74 Å². The number of nitrogens with zero attached hydrogens (tertiary/aromatic N) is 1. The van der Waals surface area contributed by atoms with Gasteiger partial charge in [-0.15, -0.1) is 0 Å². The molecule has 2 aromatic heterocycles. The van der Waals surface area contributed by atoms with Crippen LogP contribution in [0, 0.1) is 0 Å². The van der Waals surface area contributed by atoms with E-state index in [0.29, 0.717) is 0 Å². The fourth-order valence-corrected chi connectivity index (χ4v) is 4.58. The van der Waals surface area contributed by atoms with Crippen LogP contribution < -0.4 is 10.5 Å². The average molecular weight is 459 g/mol. The Bertz CT molecular complexity index is 1180. The van der Waals surface area contributed by atoms with Gasteiger partial charge in [-0.05, 0) is 55.3 Å². The van der Waals surface area contributed by atoms with E-state index in [1.807, 2.05) is 24.3 Å². The number of fused-ring (bicyclic) bond motifs is 1. The van der Waals surface area contributed by atoms with Gasteiger partial charge in [0.1, 0.15) is 5.75 Å². The summed E-state index contributed by atoms with van der Waals surface area (Å²) in [6.07, 6.45) is 19.5. The zero-order valence-corrected chi connectivity index (χ0v) is 20.6. The molecule has 3 aromatic rings. The molecule has 5 nitrogen and oxygen atoms in total. The van der Waals surface area contributed by atoms with Crippen LogP contribution in [0.25, 0.3) is 28.4 Å². The summed E-state index contributed by atoms with van der Waals surface area (Å²) in [5, 5.41) is 1.09. The van der Waals surface area contributed by atoms with Gasteiger partial charge in [0, 0.05) is 28.4 Å². The van der Waals surface area contributed by atoms with Crippen LogP contribution >= 0.6 is 0 Å². The first kappa shape index (κ1) is 23.9. The van der Waals surface area contributed by atoms with Crippen molar-refractivity contribution in [1.82, 2.24) is 9.97 Å². The number of unbranched alkanes of at least 4 members (excludes halogenated alkanes) is 8. The molecular formula is C29H38N4O. The number of anilines is 1. The summed E-state index contributed by atoms with van der Waals surface area (Å²) >= 11 is 0. The Hall–Kier alpha value is -3.21. The second-order valence-electron chi connectivity index (χ2n) is 9.28. The Labute approximate surface area is 203 Å². The van der Waals surface area contributed by atoms with E-state index in [0.717, 1.165) is 51.5 Å². The van der Waals surface area contributed by atoms with Crippen molar-refractivity contribution in [3.8, 4) is 17.1 Å². The fraction of sp³-hybridized carbons (Fsp3) is 0.414. The van der Waals surface area contributed by atoms with E-state index < -0.39 is 0 Å². The molecule has 0 saturated carbocycles. The number of hydrogen-bond donors (Lipinski definition) is 3. The van der Waals surface area contributed by atoms with Crippen LogP contribution in [0.1, 0.15) is 76.8 Å². The van der Waals surface area contributed by atoms with E-state index in [2.05, 4.69) is 41.2 Å². The van der Waals surface area contributed by atoms with Gasteiger partial charge in [-0.3, -0.25) is 4.99 Å². The van der Waals surface area contributed by atoms with Crippen LogP contribution in [0.2, 0.25) is 0 Å². The molecule has 4 N–H and O–H groups in total. The minimum Gasteiger partial charge on any atom is -0.494 e. The quantitative estimate of drug-likeness (QED) is 0.179. The zero-order valence-electron chi connectivity index (χ0n) is 20.6. The monoisotopic (exact) mass is 458 g/mol. The van der Waals surface area contributed by atoms with Crippen LogP contribution in [0.4, 0.5) is 5.69 Å². The average Bonchev–Trinajstić information content (AvgIpc) is 3.56. The summed E-state index contributed by atoms with van der Waals surface area (Å²) in [5.41, 5.74) is 12.8. The minimum atomic E-state index is 0.761. The van der Waals surface area contributed by atoms with E-state index in [9.17, 15) is 0 Å². The van der Waals surface area contributed by atoms with Gasteiger partial charge < -0.3 is 20.4 Å². The van der Waals surface area contributed by atoms with Gasteiger partial charge in [0.25, 0.3) is 0 Å². The first-order valence-electron chi connectivity index (χ1n) is 12.8. The summed E-state index contributed by atoms with van der Waals surface area (Å²) in [6.45, 7) is 2.27. The maximum absolute atomic E-state index is 5.93. The molecule has 0 atom stereocenters. The molecule has 1 aromatic carbocycles. The Morgan fingerprint density at radius 3 is 2.38 bits per heavy atom. The Kier molecular flexibility index (Phi) is 8.29. The highest BCUT2D eigenvalue weighted by atomic mass is 16.5. The summed E-state index contributed by atoms with van der Waals surface area (Å²) in [5.74, 6) is 0.802. The molecule has 34 heavy (non-hydrogen) atoms. The topological polar surface area (TPSA) is 79.2 Å². The number of nitrogens with one attached hydrogen (secondary N) is 2. The van der Waals surface area contributed by atoms with E-state index in [-0.39, 0.29) is 0 Å². The molecule has 0 amide bonds. The van der Waals surface area contributed by atoms with Crippen molar-refractivity contribution in [1.29, 1.82) is 0 Å². The lowest BCUT2D eigenvalue weighted by molar-refractivity contribution is 0.414. The van der Waals surface area contributed by atoms with Gasteiger partial charge >= 0.3 is 0 Å². The summed E-state index contributed by atoms with van der Waals surface area (Å²) in [6, 6.07) is 10.0. The first-order chi connectivity index (χ1) is 16.7. The number of benzene rings is 1. The second kappa shape index (κ2) is 11.8. The highest BCUT2D eigenvalue weighted by molar-refractivity contribution is 5.99. The highest BCUT2D eigenvalue weighted by Crippen LogP contribution is 2.31. The predicted octanol–water partition coefficient (Wildman–Crippen LogP) is 8.03. The standard InChI is InChI=1S/C29H38N4O/c1-3-4-5-6-7-8-9-10-11-12-23-14-15-24(31-23)19-28-29(34-2)20-27(33-28)26-18-21-17-22(30)13-16-25(21)32-26/h13-20,32-33H,3-12,30H2,1-2H3/b24-19+. The number of rotatable bonds is 13. The molecule has 0 spiro atoms. The Morgan fingerprint density at radius 1 is 0.882 bits per heavy atom. The third-order valence-corrected chi connectivity index (χ3v) is 6.51. The van der Waals surface area contributed by atoms with Crippen molar-refractivity contribution in [3.63, 3.8) is 0 Å². The molecule has 0 unspecified atom stereocenters. The molecule has 5 heteroatoms. The van der Waals surface area contributed by atoms with Crippen LogP contribution in [0.15, 0.2) is 53.2 Å². The van der Waals surface area contributed by atoms with E-state index in [1.165, 1.54) is 63.5 Å². The first-order valence-corrected chi connectivity index (χ1v) is 12.8. The van der Waals surface area contributed by atoms with Crippen molar-refractivity contribution >= 4 is 28.4 Å². The Balaban J connectivity index is 1.33. The van der Waals surface area contributed by atoms with Gasteiger partial charge in [0.05, 0.1) is 29.9 Å². The van der Waals surface area contributed by atoms with Crippen molar-refractivity contribution in [2.45, 2.75) is 71.1 Å². The predicted molar refractivity (Wildman–Crippen MR) is 145 cm³/mol. The van der Waals surface area contributed by atoms with Crippen LogP contribution in [-0.4, -0.2) is 22.8 Å². The summed E-state index contributed by atoms with van der Waals surface area (Å²) in [7, 11) is 1.70. The van der Waals surface area contributed by atoms with Gasteiger partial charge in [-0.2, -0.15) is 0 Å². The van der Waals surface area contributed by atoms with Crippen LogP contribution in [0.5, 0.6) is 5.75 Å². The van der Waals surface area contributed by atoms with E-state index in [1.54, 1.807) is 7.11 Å². The molecule has 180 valence electrons. The molecule has 1 aliphatic heterocycles. The fourth-order valence-electron chi connectivity index (χ4n) is 4.58. The molecule has 0 aliphatic carbocycles. The molecule has 0 saturated heterocycles. The SMILES string of the molecule is CCCCCCCCCCCC1=N/C(=C/c2[nH]c(-c3cc4cc(N)ccc4[nH]3)cc2OC)C=C1. The number of H-pyrrole nitrogens is 2. The lowest BCUT2D eigenvalue weighted by Gasteiger charge is -2.02. The number of hydrogen-bond acceptors (Lipinski definition) is 3. The molecule has 3 heterocycles. The van der Waals surface area contributed by atoms with Crippen LogP contribution in [0.3, 0.4) is 0 Å². The summed E-state index contributed by atoms with van der Waals surface area (Å²) in [4.78, 5) is 11.8. The number of aliphatic imine (C=N–C) groups is 1. The number of ether oxygens (including phenoxy) is 1. The third-order valence-electron chi connectivity index (χ3n) is 6.51. The third kappa shape index (κ3) is 6.22. The lowest BCUT2D eigenvalue weighted by Crippen LogP contribution is -1.90. The van der Waals surface area contributed by atoms with Gasteiger partial charge in [0.2, 0.25) is 0 Å². The lowest BCUT2D eigenvalue weighted by atomic mass is 10.1. The Morgan fingerprint density at radius 2 is 1.62 bits per heavy atom. The van der Waals surface area contributed by atoms with Crippen molar-refractivity contribution in [2.24, 2.45) is 4.99 Å². The van der Waals surface area contributed by atoms with E-state index >= 15 is 0 Å². The molecule has 0 bridgehead atoms. The number of aromatic amines is 2. The van der Waals surface area contributed by atoms with Crippen LogP contribution in [-0.2, 0) is 0 Å². The van der Waals surface area contributed by atoms with Crippen molar-refractivity contribution in [3.05, 3.63) is 53.9 Å². The minimum absolute atomic E-state index is 0.761. The number of methoxy groups -OCH3 is 1. The molecule has 4 rings (SSSR count). The number of aromatic nitrogens is 2. The normalized spacial score (nSPS) is 14.4. The maximum Gasteiger partial charge on any atom is 0.144 e. The van der Waals surface area contributed by atoms with Crippen molar-refractivity contribution in [2.75, 3.05) is 12.8 Å². The molecule has 0 radical (unpaired) electrons. The molecule has 1 aliphatic rings. The second-order valence-corrected chi connectivity index (χ2v) is 9.28. The highest BCUT2D eigenvalue weighted by Gasteiger charge is 2.13. The van der Waals surface area contributed by atoms with Gasteiger partial charge in [-0.25, -0.2) is 0 Å². The number of nitrogen functional groups attached to an aromatic ring is 1. The smallest absolute Gasteiger partial charge is 0.144 e. The van der Waals surface area contributed by atoms with Gasteiger partial charge in [-0.1, -0.05) is 58.3 Å². The maximum atomic E-state index is 5.93. The summed E-state index contributed by atoms with van der Waals surface area (Å²) < 4.78 is 5.63. The zero-order chi connectivity index (χ0) is 23.8. The van der Waals surface area contributed by atoms with E-state index in [4.69, 9.17) is 15.5 Å². The molecular weight excluding hydrogens is 420 g/mol. The number of nitrogens with two attached hydrogens (primary N) is 1. The van der Waals surface area contributed by atoms with Gasteiger partial charge in [0.15, 0.2) is 0 Å². The largest absolute Gasteiger partial charge is 0.494 e. The number of allylic oxidation sites excluding steroid dienone is 2.